The standard InChI is InChI=1S/C17H18N4OS/c1-17(14(11-2-3-11)15(22)20-16(18)21-17)13-8-12(9-23-13)10-4-6-19-7-5-10/h4-9,11,14H,2-3H2,1H3,(H3,18,20,21,22)/t14-,17+/m0/s1. The van der Waals surface area contributed by atoms with E-state index in [4.69, 9.17) is 5.41 Å². The molecule has 1 aliphatic heterocycles. The van der Waals surface area contributed by atoms with Crippen molar-refractivity contribution in [2.45, 2.75) is 25.3 Å². The van der Waals surface area contributed by atoms with Gasteiger partial charge in [0.2, 0.25) is 5.91 Å². The van der Waals surface area contributed by atoms with E-state index in [9.17, 15) is 4.79 Å². The van der Waals surface area contributed by atoms with Crippen molar-refractivity contribution >= 4 is 23.2 Å². The van der Waals surface area contributed by atoms with Gasteiger partial charge in [-0.15, -0.1) is 11.3 Å². The number of guanidine groups is 1. The summed E-state index contributed by atoms with van der Waals surface area (Å²) in [7, 11) is 0. The Bertz CT molecular complexity index is 768. The van der Waals surface area contributed by atoms with Crippen LogP contribution in [0.2, 0.25) is 0 Å². The number of carbonyl (C=O) groups excluding carboxylic acids is 1. The van der Waals surface area contributed by atoms with Gasteiger partial charge in [0.15, 0.2) is 5.96 Å². The second-order valence-corrected chi connectivity index (χ2v) is 7.35. The largest absolute Gasteiger partial charge is 0.345 e. The lowest BCUT2D eigenvalue weighted by molar-refractivity contribution is -0.128. The summed E-state index contributed by atoms with van der Waals surface area (Å²) in [6.07, 6.45) is 5.74. The van der Waals surface area contributed by atoms with Crippen LogP contribution in [0.4, 0.5) is 0 Å². The number of nitrogens with zero attached hydrogens (tertiary/aromatic N) is 1. The second kappa shape index (κ2) is 5.16. The van der Waals surface area contributed by atoms with Gasteiger partial charge in [-0.2, -0.15) is 0 Å². The molecule has 2 aromatic heterocycles. The van der Waals surface area contributed by atoms with Crippen LogP contribution in [0.15, 0.2) is 36.0 Å². The van der Waals surface area contributed by atoms with Gasteiger partial charge in [0, 0.05) is 17.3 Å². The molecule has 1 aliphatic carbocycles. The molecule has 5 nitrogen and oxygen atoms in total. The molecule has 0 aromatic carbocycles. The van der Waals surface area contributed by atoms with Crippen LogP contribution in [-0.4, -0.2) is 16.9 Å². The van der Waals surface area contributed by atoms with Crippen LogP contribution in [0, 0.1) is 17.2 Å². The molecule has 4 rings (SSSR count). The van der Waals surface area contributed by atoms with Crippen molar-refractivity contribution < 1.29 is 4.79 Å². The number of pyridine rings is 1. The van der Waals surface area contributed by atoms with Crippen molar-refractivity contribution in [2.24, 2.45) is 11.8 Å². The number of hydrogen-bond donors (Lipinski definition) is 3. The fourth-order valence-electron chi connectivity index (χ4n) is 3.47. The van der Waals surface area contributed by atoms with E-state index in [-0.39, 0.29) is 17.8 Å². The van der Waals surface area contributed by atoms with Crippen LogP contribution in [0.3, 0.4) is 0 Å². The molecule has 0 spiro atoms. The number of thiophene rings is 1. The van der Waals surface area contributed by atoms with Crippen LogP contribution in [0.5, 0.6) is 0 Å². The van der Waals surface area contributed by atoms with Gasteiger partial charge in [-0.05, 0) is 60.4 Å². The van der Waals surface area contributed by atoms with Crippen LogP contribution >= 0.6 is 11.3 Å². The zero-order valence-electron chi connectivity index (χ0n) is 12.8. The maximum Gasteiger partial charge on any atom is 0.232 e. The molecule has 1 amide bonds. The molecule has 2 atom stereocenters. The summed E-state index contributed by atoms with van der Waals surface area (Å²) in [6, 6.07) is 6.10. The van der Waals surface area contributed by atoms with Crippen molar-refractivity contribution in [3.05, 3.63) is 40.8 Å². The van der Waals surface area contributed by atoms with Crippen molar-refractivity contribution in [1.82, 2.24) is 15.6 Å². The summed E-state index contributed by atoms with van der Waals surface area (Å²) < 4.78 is 0. The maximum atomic E-state index is 12.5. The summed E-state index contributed by atoms with van der Waals surface area (Å²) >= 11 is 1.64. The zero-order chi connectivity index (χ0) is 16.0. The number of carbonyl (C=O) groups is 1. The number of aromatic nitrogens is 1. The Balaban J connectivity index is 1.73. The monoisotopic (exact) mass is 326 g/mol. The van der Waals surface area contributed by atoms with E-state index >= 15 is 0 Å². The number of nitrogens with one attached hydrogen (secondary N) is 3. The molecule has 0 radical (unpaired) electrons. The average Bonchev–Trinajstić information content (AvgIpc) is 3.21. The molecular formula is C17H18N4OS. The highest BCUT2D eigenvalue weighted by Gasteiger charge is 2.52. The Kier molecular flexibility index (Phi) is 3.23. The summed E-state index contributed by atoms with van der Waals surface area (Å²) in [5.41, 5.74) is 1.73. The van der Waals surface area contributed by atoms with Gasteiger partial charge in [-0.25, -0.2) is 0 Å². The zero-order valence-corrected chi connectivity index (χ0v) is 13.6. The lowest BCUT2D eigenvalue weighted by Crippen LogP contribution is -2.63. The quantitative estimate of drug-likeness (QED) is 0.811. The minimum absolute atomic E-state index is 0.0300. The second-order valence-electron chi connectivity index (χ2n) is 6.44. The average molecular weight is 326 g/mol. The summed E-state index contributed by atoms with van der Waals surface area (Å²) in [6.45, 7) is 2.05. The molecule has 2 aromatic rings. The number of hydrogen-bond acceptors (Lipinski definition) is 4. The topological polar surface area (TPSA) is 77.9 Å². The van der Waals surface area contributed by atoms with E-state index in [1.54, 1.807) is 23.7 Å². The molecule has 2 aliphatic rings. The fourth-order valence-corrected chi connectivity index (χ4v) is 4.54. The summed E-state index contributed by atoms with van der Waals surface area (Å²) in [5, 5.41) is 15.9. The van der Waals surface area contributed by atoms with Gasteiger partial charge in [0.05, 0.1) is 11.5 Å². The predicted molar refractivity (Wildman–Crippen MR) is 90.1 cm³/mol. The SMILES string of the molecule is C[C@]1(c2cc(-c3ccncc3)cs2)NC(=N)NC(=O)[C@@H]1C1CC1. The van der Waals surface area contributed by atoms with E-state index in [2.05, 4.69) is 27.1 Å². The molecule has 0 unspecified atom stereocenters. The number of amides is 1. The molecule has 1 saturated carbocycles. The lowest BCUT2D eigenvalue weighted by atomic mass is 9.78. The third kappa shape index (κ3) is 2.43. The van der Waals surface area contributed by atoms with Gasteiger partial charge in [0.1, 0.15) is 0 Å². The highest BCUT2D eigenvalue weighted by molar-refractivity contribution is 7.10. The van der Waals surface area contributed by atoms with E-state index < -0.39 is 5.54 Å². The van der Waals surface area contributed by atoms with E-state index in [1.165, 1.54) is 0 Å². The Morgan fingerprint density at radius 3 is 2.74 bits per heavy atom. The van der Waals surface area contributed by atoms with Gasteiger partial charge in [0.25, 0.3) is 0 Å². The highest BCUT2D eigenvalue weighted by Crippen LogP contribution is 2.48. The van der Waals surface area contributed by atoms with Crippen molar-refractivity contribution in [3.63, 3.8) is 0 Å². The van der Waals surface area contributed by atoms with Gasteiger partial charge < -0.3 is 5.32 Å². The normalized spacial score (nSPS) is 27.4. The molecule has 23 heavy (non-hydrogen) atoms. The first-order valence-corrected chi connectivity index (χ1v) is 8.63. The minimum atomic E-state index is -0.517. The summed E-state index contributed by atoms with van der Waals surface area (Å²) in [5.74, 6) is 0.346. The van der Waals surface area contributed by atoms with Crippen LogP contribution in [0.25, 0.3) is 11.1 Å². The molecule has 2 fully saturated rings. The molecule has 118 valence electrons. The molecular weight excluding hydrogens is 308 g/mol. The first-order chi connectivity index (χ1) is 11.1. The van der Waals surface area contributed by atoms with Crippen LogP contribution in [0.1, 0.15) is 24.6 Å². The highest BCUT2D eigenvalue weighted by atomic mass is 32.1. The third-order valence-corrected chi connectivity index (χ3v) is 5.92. The molecule has 1 saturated heterocycles. The van der Waals surface area contributed by atoms with Crippen LogP contribution in [-0.2, 0) is 10.3 Å². The Morgan fingerprint density at radius 1 is 1.30 bits per heavy atom. The fraction of sp³-hybridized carbons (Fsp3) is 0.353. The summed E-state index contributed by atoms with van der Waals surface area (Å²) in [4.78, 5) is 17.6. The first-order valence-electron chi connectivity index (χ1n) is 7.75. The van der Waals surface area contributed by atoms with Gasteiger partial charge in [-0.1, -0.05) is 0 Å². The Hall–Kier alpha value is -2.21. The van der Waals surface area contributed by atoms with E-state index in [0.717, 1.165) is 28.8 Å². The third-order valence-electron chi connectivity index (χ3n) is 4.76. The van der Waals surface area contributed by atoms with Crippen LogP contribution < -0.4 is 10.6 Å². The first kappa shape index (κ1) is 14.4. The molecule has 3 N–H and O–H groups in total. The Morgan fingerprint density at radius 2 is 2.04 bits per heavy atom. The van der Waals surface area contributed by atoms with Crippen molar-refractivity contribution in [3.8, 4) is 11.1 Å². The van der Waals surface area contributed by atoms with Crippen molar-refractivity contribution in [2.75, 3.05) is 0 Å². The maximum absolute atomic E-state index is 12.5. The molecule has 0 bridgehead atoms. The lowest BCUT2D eigenvalue weighted by Gasteiger charge is -2.41. The molecule has 3 heterocycles. The van der Waals surface area contributed by atoms with Gasteiger partial charge >= 0.3 is 0 Å². The minimum Gasteiger partial charge on any atom is -0.345 e. The van der Waals surface area contributed by atoms with E-state index in [1.807, 2.05) is 19.1 Å². The predicted octanol–water partition coefficient (Wildman–Crippen LogP) is 2.71. The van der Waals surface area contributed by atoms with E-state index in [0.29, 0.717) is 5.92 Å². The molecule has 6 heteroatoms. The van der Waals surface area contributed by atoms with Gasteiger partial charge in [-0.3, -0.25) is 20.5 Å². The smallest absolute Gasteiger partial charge is 0.232 e. The van der Waals surface area contributed by atoms with Crippen molar-refractivity contribution in [1.29, 1.82) is 5.41 Å². The Labute approximate surface area is 138 Å². The number of rotatable bonds is 3.